The van der Waals surface area contributed by atoms with Crippen molar-refractivity contribution in [3.8, 4) is 11.5 Å². The van der Waals surface area contributed by atoms with Gasteiger partial charge in [0.2, 0.25) is 0 Å². The molecule has 2 aromatic rings. The summed E-state index contributed by atoms with van der Waals surface area (Å²) < 4.78 is 11.3. The Morgan fingerprint density at radius 3 is 2.80 bits per heavy atom. The second-order valence-electron chi connectivity index (χ2n) is 4.69. The Labute approximate surface area is 151 Å². The Morgan fingerprint density at radius 2 is 2.08 bits per heavy atom. The molecular weight excluding hydrogens is 394 g/mol. The van der Waals surface area contributed by atoms with Crippen LogP contribution in [-0.2, 0) is 4.79 Å². The number of nitrogens with one attached hydrogen (secondary N) is 1. The first-order valence-electron chi connectivity index (χ1n) is 7.03. The summed E-state index contributed by atoms with van der Waals surface area (Å²) >= 11 is 3.31. The highest BCUT2D eigenvalue weighted by Gasteiger charge is 2.10. The molecule has 0 saturated heterocycles. The van der Waals surface area contributed by atoms with E-state index in [1.807, 2.05) is 0 Å². The molecule has 8 nitrogen and oxygen atoms in total. The Hall–Kier alpha value is -2.94. The van der Waals surface area contributed by atoms with Crippen LogP contribution in [0.4, 0.5) is 5.69 Å². The van der Waals surface area contributed by atoms with Crippen molar-refractivity contribution in [3.63, 3.8) is 0 Å². The number of hydrazone groups is 1. The van der Waals surface area contributed by atoms with Gasteiger partial charge >= 0.3 is 0 Å². The third-order valence-corrected chi connectivity index (χ3v) is 3.50. The highest BCUT2D eigenvalue weighted by molar-refractivity contribution is 9.10. The fourth-order valence-electron chi connectivity index (χ4n) is 1.87. The quantitative estimate of drug-likeness (QED) is 0.431. The maximum absolute atomic E-state index is 11.8. The van der Waals surface area contributed by atoms with E-state index < -0.39 is 10.8 Å². The van der Waals surface area contributed by atoms with Gasteiger partial charge in [-0.25, -0.2) is 5.43 Å². The van der Waals surface area contributed by atoms with Crippen LogP contribution in [0.15, 0.2) is 52.0 Å². The third kappa shape index (κ3) is 5.28. The van der Waals surface area contributed by atoms with Crippen molar-refractivity contribution in [2.24, 2.45) is 5.10 Å². The lowest BCUT2D eigenvalue weighted by Gasteiger charge is -2.10. The molecule has 1 N–H and O–H groups in total. The van der Waals surface area contributed by atoms with Gasteiger partial charge in [0.15, 0.2) is 18.1 Å². The first kappa shape index (κ1) is 18.4. The molecule has 0 aliphatic heterocycles. The van der Waals surface area contributed by atoms with Crippen molar-refractivity contribution < 1.29 is 19.2 Å². The molecule has 0 heterocycles. The lowest BCUT2D eigenvalue weighted by atomic mass is 10.2. The van der Waals surface area contributed by atoms with Crippen LogP contribution in [0.1, 0.15) is 5.56 Å². The van der Waals surface area contributed by atoms with E-state index in [2.05, 4.69) is 26.5 Å². The van der Waals surface area contributed by atoms with Crippen molar-refractivity contribution in [2.75, 3.05) is 13.7 Å². The minimum atomic E-state index is -0.522. The molecule has 25 heavy (non-hydrogen) atoms. The molecule has 0 unspecified atom stereocenters. The molecule has 0 saturated carbocycles. The number of halogens is 1. The first-order chi connectivity index (χ1) is 12.0. The van der Waals surface area contributed by atoms with Gasteiger partial charge in [-0.2, -0.15) is 5.10 Å². The fourth-order valence-corrected chi connectivity index (χ4v) is 2.21. The van der Waals surface area contributed by atoms with Crippen molar-refractivity contribution in [2.45, 2.75) is 0 Å². The van der Waals surface area contributed by atoms with Gasteiger partial charge in [0.25, 0.3) is 11.6 Å². The third-order valence-electron chi connectivity index (χ3n) is 3.01. The standard InChI is InChI=1S/C16H14BrN3O5/c1-24-15-8-12(17)6-7-14(15)25-10-16(21)19-18-9-11-4-2-3-5-13(11)20(22)23/h2-9H,10H2,1H3,(H,19,21)/b18-9-. The molecule has 1 amide bonds. The second-order valence-corrected chi connectivity index (χ2v) is 5.61. The number of nitro groups is 1. The van der Waals surface area contributed by atoms with E-state index in [0.717, 1.165) is 4.47 Å². The maximum Gasteiger partial charge on any atom is 0.278 e. The topological polar surface area (TPSA) is 103 Å². The molecule has 0 aliphatic rings. The number of rotatable bonds is 7. The molecule has 2 aromatic carbocycles. The maximum atomic E-state index is 11.8. The average molecular weight is 408 g/mol. The predicted octanol–water partition coefficient (Wildman–Crippen LogP) is 2.90. The van der Waals surface area contributed by atoms with E-state index in [4.69, 9.17) is 9.47 Å². The normalized spacial score (nSPS) is 10.5. The van der Waals surface area contributed by atoms with E-state index in [1.54, 1.807) is 30.3 Å². The van der Waals surface area contributed by atoms with E-state index in [0.29, 0.717) is 11.5 Å². The number of nitro benzene ring substituents is 1. The van der Waals surface area contributed by atoms with Gasteiger partial charge in [-0.05, 0) is 24.3 Å². The predicted molar refractivity (Wildman–Crippen MR) is 95.0 cm³/mol. The molecule has 0 radical (unpaired) electrons. The van der Waals surface area contributed by atoms with Gasteiger partial charge in [-0.3, -0.25) is 14.9 Å². The highest BCUT2D eigenvalue weighted by Crippen LogP contribution is 2.30. The SMILES string of the molecule is COc1cc(Br)ccc1OCC(=O)N/N=C\c1ccccc1[N+](=O)[O-]. The Morgan fingerprint density at radius 1 is 1.32 bits per heavy atom. The van der Waals surface area contributed by atoms with Gasteiger partial charge in [0.05, 0.1) is 23.8 Å². The van der Waals surface area contributed by atoms with Crippen LogP contribution in [0.5, 0.6) is 11.5 Å². The number of amides is 1. The largest absolute Gasteiger partial charge is 0.493 e. The summed E-state index contributed by atoms with van der Waals surface area (Å²) in [5.41, 5.74) is 2.43. The number of para-hydroxylation sites is 1. The molecule has 0 fully saturated rings. The lowest BCUT2D eigenvalue weighted by Crippen LogP contribution is -2.24. The number of ether oxygens (including phenoxy) is 2. The number of methoxy groups -OCH3 is 1. The number of benzene rings is 2. The van der Waals surface area contributed by atoms with Crippen molar-refractivity contribution in [1.29, 1.82) is 0 Å². The number of hydrogen-bond acceptors (Lipinski definition) is 6. The molecule has 0 aromatic heterocycles. The molecule has 0 spiro atoms. The van der Waals surface area contributed by atoms with Crippen LogP contribution < -0.4 is 14.9 Å². The minimum absolute atomic E-state index is 0.101. The number of nitrogens with zero attached hydrogens (tertiary/aromatic N) is 2. The van der Waals surface area contributed by atoms with Crippen molar-refractivity contribution in [1.82, 2.24) is 5.43 Å². The summed E-state index contributed by atoms with van der Waals surface area (Å²) in [5.74, 6) is 0.369. The van der Waals surface area contributed by atoms with Gasteiger partial charge in [-0.15, -0.1) is 0 Å². The van der Waals surface area contributed by atoms with Gasteiger partial charge < -0.3 is 9.47 Å². The first-order valence-corrected chi connectivity index (χ1v) is 7.82. The summed E-state index contributed by atoms with van der Waals surface area (Å²) in [4.78, 5) is 22.1. The van der Waals surface area contributed by atoms with Crippen LogP contribution in [0, 0.1) is 10.1 Å². The Bertz CT molecular complexity index is 810. The zero-order chi connectivity index (χ0) is 18.2. The molecule has 0 aliphatic carbocycles. The number of hydrogen-bond donors (Lipinski definition) is 1. The van der Waals surface area contributed by atoms with Gasteiger partial charge in [0.1, 0.15) is 0 Å². The molecule has 9 heteroatoms. The van der Waals surface area contributed by atoms with E-state index >= 15 is 0 Å². The van der Waals surface area contributed by atoms with Crippen LogP contribution in [0.3, 0.4) is 0 Å². The van der Waals surface area contributed by atoms with E-state index in [1.165, 1.54) is 25.5 Å². The molecular formula is C16H14BrN3O5. The molecule has 130 valence electrons. The van der Waals surface area contributed by atoms with Crippen LogP contribution >= 0.6 is 15.9 Å². The fraction of sp³-hybridized carbons (Fsp3) is 0.125. The van der Waals surface area contributed by atoms with Crippen molar-refractivity contribution >= 4 is 33.7 Å². The monoisotopic (exact) mass is 407 g/mol. The summed E-state index contributed by atoms with van der Waals surface area (Å²) in [6, 6.07) is 11.2. The second kappa shape index (κ2) is 8.78. The zero-order valence-corrected chi connectivity index (χ0v) is 14.7. The van der Waals surface area contributed by atoms with Gasteiger partial charge in [-0.1, -0.05) is 28.1 Å². The smallest absolute Gasteiger partial charge is 0.278 e. The molecule has 0 bridgehead atoms. The van der Waals surface area contributed by atoms with E-state index in [-0.39, 0.29) is 17.9 Å². The average Bonchev–Trinajstić information content (AvgIpc) is 2.60. The zero-order valence-electron chi connectivity index (χ0n) is 13.1. The van der Waals surface area contributed by atoms with Crippen LogP contribution in [-0.4, -0.2) is 30.8 Å². The highest BCUT2D eigenvalue weighted by atomic mass is 79.9. The summed E-state index contributed by atoms with van der Waals surface area (Å²) in [5, 5.41) is 14.6. The minimum Gasteiger partial charge on any atom is -0.493 e. The van der Waals surface area contributed by atoms with Crippen LogP contribution in [0.2, 0.25) is 0 Å². The Balaban J connectivity index is 1.92. The number of carbonyl (C=O) groups excluding carboxylic acids is 1. The number of carbonyl (C=O) groups is 1. The molecule has 0 atom stereocenters. The summed E-state index contributed by atoms with van der Waals surface area (Å²) in [6.07, 6.45) is 1.20. The van der Waals surface area contributed by atoms with Gasteiger partial charge in [0, 0.05) is 10.5 Å². The van der Waals surface area contributed by atoms with Crippen molar-refractivity contribution in [3.05, 3.63) is 62.6 Å². The summed E-state index contributed by atoms with van der Waals surface area (Å²) in [7, 11) is 1.49. The summed E-state index contributed by atoms with van der Waals surface area (Å²) in [6.45, 7) is -0.286. The van der Waals surface area contributed by atoms with E-state index in [9.17, 15) is 14.9 Å². The lowest BCUT2D eigenvalue weighted by molar-refractivity contribution is -0.385. The molecule has 2 rings (SSSR count). The Kier molecular flexibility index (Phi) is 6.47. The van der Waals surface area contributed by atoms with Crippen LogP contribution in [0.25, 0.3) is 0 Å².